The molecule has 0 aliphatic carbocycles. The Kier molecular flexibility index (Phi) is 4.63. The first-order chi connectivity index (χ1) is 10.4. The molecule has 0 aliphatic rings. The van der Waals surface area contributed by atoms with Crippen LogP contribution in [0.5, 0.6) is 0 Å². The average Bonchev–Trinajstić information content (AvgIpc) is 2.49. The van der Waals surface area contributed by atoms with E-state index >= 15 is 0 Å². The lowest BCUT2D eigenvalue weighted by Crippen LogP contribution is -2.33. The maximum absolute atomic E-state index is 12.1. The third-order valence-corrected chi connectivity index (χ3v) is 4.30. The van der Waals surface area contributed by atoms with Crippen LogP contribution in [0, 0.1) is 4.91 Å². The van der Waals surface area contributed by atoms with Crippen molar-refractivity contribution in [3.05, 3.63) is 62.3 Å². The van der Waals surface area contributed by atoms with Crippen LogP contribution in [0.1, 0.15) is 0 Å². The van der Waals surface area contributed by atoms with E-state index in [1.54, 1.807) is 0 Å². The lowest BCUT2D eigenvalue weighted by molar-refractivity contribution is 0.568. The molecule has 1 aromatic carbocycles. The van der Waals surface area contributed by atoms with Gasteiger partial charge in [0.05, 0.1) is 0 Å². The van der Waals surface area contributed by atoms with Crippen LogP contribution in [0.15, 0.2) is 56.2 Å². The predicted octanol–water partition coefficient (Wildman–Crippen LogP) is -0.0870. The van der Waals surface area contributed by atoms with Gasteiger partial charge in [0.1, 0.15) is 10.6 Å². The fraction of sp³-hybridized carbons (Fsp3) is 0.167. The second-order valence-electron chi connectivity index (χ2n) is 4.26. The summed E-state index contributed by atoms with van der Waals surface area (Å²) in [6.07, 6.45) is 1.26. The van der Waals surface area contributed by atoms with Gasteiger partial charge in [0, 0.05) is 25.4 Å². The summed E-state index contributed by atoms with van der Waals surface area (Å²) in [5.74, 6) is 0. The van der Waals surface area contributed by atoms with Crippen LogP contribution >= 0.6 is 0 Å². The number of nitrogens with zero attached hydrogens (tertiary/aromatic N) is 2. The van der Waals surface area contributed by atoms with Gasteiger partial charge in [0.15, 0.2) is 0 Å². The van der Waals surface area contributed by atoms with Crippen LogP contribution in [-0.2, 0) is 16.6 Å². The molecule has 0 fully saturated rings. The molecule has 22 heavy (non-hydrogen) atoms. The van der Waals surface area contributed by atoms with Crippen LogP contribution in [0.3, 0.4) is 0 Å². The summed E-state index contributed by atoms with van der Waals surface area (Å²) in [5, 5.41) is 2.66. The smallest absolute Gasteiger partial charge is 0.299 e. The third-order valence-electron chi connectivity index (χ3n) is 2.79. The molecule has 9 nitrogen and oxygen atoms in total. The third kappa shape index (κ3) is 3.54. The fourth-order valence-electron chi connectivity index (χ4n) is 1.76. The van der Waals surface area contributed by atoms with Gasteiger partial charge in [-0.05, 0) is 17.3 Å². The summed E-state index contributed by atoms with van der Waals surface area (Å²) in [5.41, 5.74) is -1.37. The highest BCUT2D eigenvalue weighted by Gasteiger charge is 2.18. The van der Waals surface area contributed by atoms with Crippen molar-refractivity contribution in [1.82, 2.24) is 14.3 Å². The van der Waals surface area contributed by atoms with Crippen molar-refractivity contribution in [2.24, 2.45) is 5.18 Å². The molecule has 1 heterocycles. The van der Waals surface area contributed by atoms with E-state index in [0.29, 0.717) is 0 Å². The molecule has 0 amide bonds. The van der Waals surface area contributed by atoms with Gasteiger partial charge in [-0.2, -0.15) is 0 Å². The van der Waals surface area contributed by atoms with Crippen molar-refractivity contribution in [2.75, 3.05) is 6.54 Å². The maximum Gasteiger partial charge on any atom is 0.328 e. The molecule has 0 radical (unpaired) electrons. The van der Waals surface area contributed by atoms with Crippen LogP contribution in [0.2, 0.25) is 0 Å². The first-order valence-corrected chi connectivity index (χ1v) is 7.64. The number of aromatic amines is 1. The highest BCUT2D eigenvalue weighted by Crippen LogP contribution is 2.22. The van der Waals surface area contributed by atoms with Crippen LogP contribution < -0.4 is 16.0 Å². The molecule has 10 heteroatoms. The fourth-order valence-corrected chi connectivity index (χ4v) is 2.91. The monoisotopic (exact) mass is 324 g/mol. The first-order valence-electron chi connectivity index (χ1n) is 6.16. The van der Waals surface area contributed by atoms with E-state index < -0.39 is 21.3 Å². The van der Waals surface area contributed by atoms with Crippen molar-refractivity contribution >= 4 is 15.7 Å². The maximum atomic E-state index is 12.1. The van der Waals surface area contributed by atoms with Crippen molar-refractivity contribution < 1.29 is 8.42 Å². The zero-order valence-electron chi connectivity index (χ0n) is 11.2. The van der Waals surface area contributed by atoms with E-state index in [9.17, 15) is 22.9 Å². The number of benzene rings is 1. The number of rotatable bonds is 6. The Hall–Kier alpha value is -2.59. The largest absolute Gasteiger partial charge is 0.328 e. The molecule has 116 valence electrons. The van der Waals surface area contributed by atoms with Crippen molar-refractivity contribution in [1.29, 1.82) is 0 Å². The summed E-state index contributed by atoms with van der Waals surface area (Å²) in [7, 11) is -3.93. The van der Waals surface area contributed by atoms with Gasteiger partial charge in [0.2, 0.25) is 10.0 Å². The second-order valence-corrected chi connectivity index (χ2v) is 6.00. The molecular formula is C12H12N4O5S. The quantitative estimate of drug-likeness (QED) is 0.717. The molecule has 0 unspecified atom stereocenters. The van der Waals surface area contributed by atoms with E-state index in [2.05, 4.69) is 14.9 Å². The van der Waals surface area contributed by atoms with Crippen LogP contribution in [0.25, 0.3) is 0 Å². The molecular weight excluding hydrogens is 312 g/mol. The number of H-pyrrole nitrogens is 1. The molecule has 0 atom stereocenters. The Morgan fingerprint density at radius 2 is 1.91 bits per heavy atom. The summed E-state index contributed by atoms with van der Waals surface area (Å²) in [6, 6.07) is 6.66. The molecule has 0 saturated carbocycles. The Morgan fingerprint density at radius 3 is 2.59 bits per heavy atom. The Balaban J connectivity index is 2.12. The van der Waals surface area contributed by atoms with Gasteiger partial charge in [-0.3, -0.25) is 14.3 Å². The first kappa shape index (κ1) is 15.8. The Morgan fingerprint density at radius 1 is 1.18 bits per heavy atom. The van der Waals surface area contributed by atoms with E-state index in [1.165, 1.54) is 30.5 Å². The summed E-state index contributed by atoms with van der Waals surface area (Å²) in [6.45, 7) is -0.0764. The molecule has 2 N–H and O–H groups in total. The second kappa shape index (κ2) is 6.45. The normalized spacial score (nSPS) is 11.3. The minimum absolute atomic E-state index is 0.0194. The van der Waals surface area contributed by atoms with E-state index in [1.807, 2.05) is 0 Å². The number of nitrogens with one attached hydrogen (secondary N) is 2. The summed E-state index contributed by atoms with van der Waals surface area (Å²) in [4.78, 5) is 34.8. The number of aromatic nitrogens is 2. The average molecular weight is 324 g/mol. The van der Waals surface area contributed by atoms with E-state index in [0.717, 1.165) is 10.6 Å². The minimum Gasteiger partial charge on any atom is -0.299 e. The van der Waals surface area contributed by atoms with Gasteiger partial charge in [0.25, 0.3) is 5.56 Å². The molecule has 0 saturated heterocycles. The van der Waals surface area contributed by atoms with Crippen molar-refractivity contribution in [3.63, 3.8) is 0 Å². The zero-order chi connectivity index (χ0) is 16.2. The number of sulfonamides is 1. The molecule has 0 bridgehead atoms. The van der Waals surface area contributed by atoms with Gasteiger partial charge in [-0.25, -0.2) is 17.9 Å². The van der Waals surface area contributed by atoms with E-state index in [-0.39, 0.29) is 23.7 Å². The van der Waals surface area contributed by atoms with Gasteiger partial charge in [-0.1, -0.05) is 12.1 Å². The highest BCUT2D eigenvalue weighted by atomic mass is 32.2. The van der Waals surface area contributed by atoms with Crippen LogP contribution in [-0.4, -0.2) is 24.5 Å². The molecule has 2 aromatic rings. The minimum atomic E-state index is -3.93. The number of hydrogen-bond acceptors (Lipinski definition) is 6. The molecule has 1 aromatic heterocycles. The zero-order valence-corrected chi connectivity index (χ0v) is 12.0. The van der Waals surface area contributed by atoms with Crippen molar-refractivity contribution in [3.8, 4) is 0 Å². The molecule has 2 rings (SSSR count). The summed E-state index contributed by atoms with van der Waals surface area (Å²) < 4.78 is 27.6. The van der Waals surface area contributed by atoms with E-state index in [4.69, 9.17) is 0 Å². The van der Waals surface area contributed by atoms with Gasteiger partial charge < -0.3 is 0 Å². The SMILES string of the molecule is O=Nc1ccccc1S(=O)(=O)NCCn1ccc(=O)[nH]c1=O. The van der Waals surface area contributed by atoms with Crippen LogP contribution in [0.4, 0.5) is 5.69 Å². The van der Waals surface area contributed by atoms with Gasteiger partial charge >= 0.3 is 5.69 Å². The van der Waals surface area contributed by atoms with Crippen molar-refractivity contribution in [2.45, 2.75) is 11.4 Å². The molecule has 0 aliphatic heterocycles. The molecule has 0 spiro atoms. The van der Waals surface area contributed by atoms with Gasteiger partial charge in [-0.15, -0.1) is 4.91 Å². The highest BCUT2D eigenvalue weighted by molar-refractivity contribution is 7.89. The number of nitroso groups, excluding NO2 is 1. The Labute approximate surface area is 124 Å². The Bertz CT molecular complexity index is 900. The summed E-state index contributed by atoms with van der Waals surface area (Å²) >= 11 is 0. The lowest BCUT2D eigenvalue weighted by Gasteiger charge is -2.08. The lowest BCUT2D eigenvalue weighted by atomic mass is 10.3. The topological polar surface area (TPSA) is 130 Å². The predicted molar refractivity (Wildman–Crippen MR) is 78.4 cm³/mol. The standard InChI is InChI=1S/C12H12N4O5S/c17-11-5-7-16(12(18)14-11)8-6-13-22(20,21)10-4-2-1-3-9(10)15-19/h1-5,7,13H,6,8H2,(H,14,17,18). The number of hydrogen-bond donors (Lipinski definition) is 2.